The van der Waals surface area contributed by atoms with Crippen molar-refractivity contribution in [3.8, 4) is 6.01 Å². The number of aryl methyl sites for hydroxylation is 1. The van der Waals surface area contributed by atoms with Crippen molar-refractivity contribution in [2.24, 2.45) is 17.5 Å². The lowest BCUT2D eigenvalue weighted by molar-refractivity contribution is -0.0117. The molecule has 1 aliphatic carbocycles. The number of ether oxygens (including phenoxy) is 1. The van der Waals surface area contributed by atoms with Crippen LogP contribution in [-0.4, -0.2) is 52.8 Å². The molecule has 2 aliphatic rings. The van der Waals surface area contributed by atoms with Gasteiger partial charge in [0.2, 0.25) is 5.89 Å². The average molecular weight is 464 g/mol. The fourth-order valence-electron chi connectivity index (χ4n) is 3.96. The summed E-state index contributed by atoms with van der Waals surface area (Å²) in [6, 6.07) is 3.65. The Labute approximate surface area is 191 Å². The van der Waals surface area contributed by atoms with Gasteiger partial charge >= 0.3 is 6.01 Å². The lowest BCUT2D eigenvalue weighted by Gasteiger charge is -2.35. The maximum Gasteiger partial charge on any atom is 0.354 e. The van der Waals surface area contributed by atoms with E-state index in [0.717, 1.165) is 6.42 Å². The van der Waals surface area contributed by atoms with Crippen molar-refractivity contribution in [3.63, 3.8) is 0 Å². The molecule has 4 N–H and O–H groups in total. The second-order valence-corrected chi connectivity index (χ2v) is 8.78. The summed E-state index contributed by atoms with van der Waals surface area (Å²) < 4.78 is 38.7. The van der Waals surface area contributed by atoms with Crippen LogP contribution in [0.25, 0.3) is 5.70 Å². The number of pyridine rings is 1. The molecular weight excluding hydrogens is 432 g/mol. The Morgan fingerprint density at radius 2 is 2.12 bits per heavy atom. The summed E-state index contributed by atoms with van der Waals surface area (Å²) >= 11 is 0. The fraction of sp³-hybridized carbons (Fsp3) is 0.591. The first-order valence-corrected chi connectivity index (χ1v) is 11.3. The molecule has 0 radical (unpaired) electrons. The minimum absolute atomic E-state index is 0.0183. The van der Waals surface area contributed by atoms with Gasteiger partial charge in [-0.15, -0.1) is 0 Å². The van der Waals surface area contributed by atoms with Gasteiger partial charge in [-0.3, -0.25) is 0 Å². The van der Waals surface area contributed by atoms with E-state index < -0.39 is 5.92 Å². The number of alkyl halides is 2. The average Bonchev–Trinajstić information content (AvgIpc) is 3.48. The number of nitrogens with zero attached hydrogens (tertiary/aromatic N) is 5. The fourth-order valence-corrected chi connectivity index (χ4v) is 3.96. The highest BCUT2D eigenvalue weighted by Crippen LogP contribution is 2.33. The largest absolute Gasteiger partial charge is 0.455 e. The Morgan fingerprint density at radius 1 is 1.33 bits per heavy atom. The van der Waals surface area contributed by atoms with Gasteiger partial charge in [0.25, 0.3) is 5.92 Å². The summed E-state index contributed by atoms with van der Waals surface area (Å²) in [5.41, 5.74) is 9.12. The number of piperidine rings is 1. The molecule has 0 unspecified atom stereocenters. The van der Waals surface area contributed by atoms with Gasteiger partial charge in [0.15, 0.2) is 0 Å². The van der Waals surface area contributed by atoms with Gasteiger partial charge in [-0.25, -0.2) is 19.6 Å². The van der Waals surface area contributed by atoms with E-state index in [-0.39, 0.29) is 25.6 Å². The first kappa shape index (κ1) is 23.2. The van der Waals surface area contributed by atoms with E-state index in [1.807, 2.05) is 6.92 Å². The molecule has 180 valence electrons. The lowest BCUT2D eigenvalue weighted by Crippen LogP contribution is -2.43. The topological polar surface area (TPSA) is 120 Å². The summed E-state index contributed by atoms with van der Waals surface area (Å²) in [7, 11) is 1.64. The second kappa shape index (κ2) is 9.50. The molecule has 33 heavy (non-hydrogen) atoms. The summed E-state index contributed by atoms with van der Waals surface area (Å²) in [5, 5.41) is 5.20. The van der Waals surface area contributed by atoms with Gasteiger partial charge in [-0.2, -0.15) is 4.98 Å². The molecule has 2 aromatic heterocycles. The zero-order valence-electron chi connectivity index (χ0n) is 19.1. The Hall–Kier alpha value is -2.95. The van der Waals surface area contributed by atoms with Crippen molar-refractivity contribution in [3.05, 3.63) is 35.1 Å². The molecule has 0 amide bonds. The zero-order valence-corrected chi connectivity index (χ0v) is 19.1. The molecule has 1 saturated carbocycles. The lowest BCUT2D eigenvalue weighted by atomic mass is 10.1. The Morgan fingerprint density at radius 3 is 2.79 bits per heavy atom. The number of anilines is 1. The van der Waals surface area contributed by atoms with Gasteiger partial charge in [0.1, 0.15) is 6.61 Å². The summed E-state index contributed by atoms with van der Waals surface area (Å²) in [4.78, 5) is 10.6. The minimum Gasteiger partial charge on any atom is -0.455 e. The molecule has 0 aromatic carbocycles. The molecule has 2 fully saturated rings. The molecule has 2 aromatic rings. The number of rotatable bonds is 9. The Balaban J connectivity index is 1.51. The van der Waals surface area contributed by atoms with Crippen LogP contribution in [0.1, 0.15) is 49.9 Å². The normalized spacial score (nSPS) is 18.8. The first-order chi connectivity index (χ1) is 15.8. The number of halogens is 2. The SMILES string of the molecule is CCc1nc(/C(N)=C(\COc2noc(CC3CC3)n2)N(C)N)ccc1N1CCCC(F)(F)C1. The van der Waals surface area contributed by atoms with Crippen LogP contribution >= 0.6 is 0 Å². The van der Waals surface area contributed by atoms with Gasteiger partial charge in [-0.05, 0) is 48.9 Å². The van der Waals surface area contributed by atoms with Crippen LogP contribution in [0.5, 0.6) is 6.01 Å². The van der Waals surface area contributed by atoms with Gasteiger partial charge in [-0.1, -0.05) is 6.92 Å². The van der Waals surface area contributed by atoms with E-state index in [0.29, 0.717) is 59.7 Å². The van der Waals surface area contributed by atoms with E-state index in [4.69, 9.17) is 20.8 Å². The summed E-state index contributed by atoms with van der Waals surface area (Å²) in [6.45, 7) is 2.23. The monoisotopic (exact) mass is 463 g/mol. The van der Waals surface area contributed by atoms with Crippen molar-refractivity contribution in [2.75, 3.05) is 31.6 Å². The molecular formula is C22H31F2N7O2. The van der Waals surface area contributed by atoms with Crippen LogP contribution in [0.3, 0.4) is 0 Å². The van der Waals surface area contributed by atoms with Crippen LogP contribution in [-0.2, 0) is 12.8 Å². The maximum absolute atomic E-state index is 13.9. The Kier molecular flexibility index (Phi) is 6.68. The number of likely N-dealkylation sites (N-methyl/N-ethyl adjacent to an activating group) is 1. The Bertz CT molecular complexity index is 1000. The van der Waals surface area contributed by atoms with Crippen LogP contribution in [0.4, 0.5) is 14.5 Å². The van der Waals surface area contributed by atoms with E-state index in [1.165, 1.54) is 17.9 Å². The number of hydrogen-bond acceptors (Lipinski definition) is 9. The molecule has 0 bridgehead atoms. The third-order valence-corrected chi connectivity index (χ3v) is 5.98. The van der Waals surface area contributed by atoms with Crippen molar-refractivity contribution < 1.29 is 18.0 Å². The van der Waals surface area contributed by atoms with Crippen molar-refractivity contribution in [1.29, 1.82) is 0 Å². The van der Waals surface area contributed by atoms with Crippen LogP contribution in [0.2, 0.25) is 0 Å². The highest BCUT2D eigenvalue weighted by Gasteiger charge is 2.36. The van der Waals surface area contributed by atoms with E-state index in [9.17, 15) is 8.78 Å². The molecule has 0 spiro atoms. The molecule has 1 saturated heterocycles. The van der Waals surface area contributed by atoms with Crippen LogP contribution in [0.15, 0.2) is 22.4 Å². The predicted octanol–water partition coefficient (Wildman–Crippen LogP) is 2.73. The van der Waals surface area contributed by atoms with Crippen LogP contribution < -0.4 is 21.2 Å². The third-order valence-electron chi connectivity index (χ3n) is 5.98. The molecule has 3 heterocycles. The standard InChI is InChI=1S/C22H31F2N7O2/c1-3-15-17(31-10-4-9-22(23,24)13-31)8-7-16(27-15)20(25)18(30(2)26)12-32-21-28-19(33-29-21)11-14-5-6-14/h7-8,14H,3-6,9-13,25-26H2,1-2H3/b20-18-. The quantitative estimate of drug-likeness (QED) is 0.427. The second-order valence-electron chi connectivity index (χ2n) is 8.78. The van der Waals surface area contributed by atoms with Crippen molar-refractivity contribution in [2.45, 2.75) is 51.4 Å². The van der Waals surface area contributed by atoms with Gasteiger partial charge in [0, 0.05) is 26.4 Å². The van der Waals surface area contributed by atoms with Crippen molar-refractivity contribution >= 4 is 11.4 Å². The minimum atomic E-state index is -2.69. The molecule has 11 heteroatoms. The van der Waals surface area contributed by atoms with Crippen molar-refractivity contribution in [1.82, 2.24) is 20.1 Å². The summed E-state index contributed by atoms with van der Waals surface area (Å²) in [6.07, 6.45) is 4.07. The molecule has 4 rings (SSSR count). The smallest absolute Gasteiger partial charge is 0.354 e. The van der Waals surface area contributed by atoms with Gasteiger partial charge in [0.05, 0.1) is 35.0 Å². The van der Waals surface area contributed by atoms with E-state index >= 15 is 0 Å². The number of aromatic nitrogens is 3. The van der Waals surface area contributed by atoms with Gasteiger partial charge < -0.3 is 24.9 Å². The number of nitrogens with two attached hydrogens (primary N) is 2. The predicted molar refractivity (Wildman–Crippen MR) is 119 cm³/mol. The zero-order chi connectivity index (χ0) is 23.6. The molecule has 9 nitrogen and oxygen atoms in total. The van der Waals surface area contributed by atoms with E-state index in [2.05, 4.69) is 15.1 Å². The molecule has 1 aliphatic heterocycles. The molecule has 0 atom stereocenters. The van der Waals surface area contributed by atoms with Crippen LogP contribution in [0, 0.1) is 5.92 Å². The number of hydrogen-bond donors (Lipinski definition) is 2. The maximum atomic E-state index is 13.9. The van der Waals surface area contributed by atoms with E-state index in [1.54, 1.807) is 24.1 Å². The highest BCUT2D eigenvalue weighted by atomic mass is 19.3. The number of hydrazine groups is 1. The first-order valence-electron chi connectivity index (χ1n) is 11.3. The highest BCUT2D eigenvalue weighted by molar-refractivity contribution is 5.65. The third kappa shape index (κ3) is 5.70. The summed E-state index contributed by atoms with van der Waals surface area (Å²) in [5.74, 6) is 4.48.